The molecule has 1 N–H and O–H groups in total. The normalized spacial score (nSPS) is 20.6. The van der Waals surface area contributed by atoms with Gasteiger partial charge in [-0.05, 0) is 12.1 Å². The zero-order valence-electron chi connectivity index (χ0n) is 11.7. The maximum Gasteiger partial charge on any atom is 0.394 e. The lowest BCUT2D eigenvalue weighted by atomic mass is 10.1. The van der Waals surface area contributed by atoms with Crippen molar-refractivity contribution in [1.29, 1.82) is 0 Å². The lowest BCUT2D eigenvalue weighted by Gasteiger charge is -2.30. The van der Waals surface area contributed by atoms with Crippen LogP contribution in [-0.4, -0.2) is 46.5 Å². The molecule has 1 aliphatic rings. The lowest BCUT2D eigenvalue weighted by molar-refractivity contribution is -0.169. The van der Waals surface area contributed by atoms with Crippen LogP contribution in [0.3, 0.4) is 0 Å². The highest BCUT2D eigenvalue weighted by atomic mass is 19.4. The molecule has 6 heteroatoms. The van der Waals surface area contributed by atoms with Gasteiger partial charge in [0, 0.05) is 40.3 Å². The molecule has 1 aromatic rings. The first-order chi connectivity index (χ1) is 9.39. The Morgan fingerprint density at radius 1 is 1.25 bits per heavy atom. The topological polar surface area (TPSA) is 18.5 Å². The van der Waals surface area contributed by atoms with E-state index >= 15 is 0 Å². The fourth-order valence-corrected chi connectivity index (χ4v) is 2.46. The summed E-state index contributed by atoms with van der Waals surface area (Å²) in [5.41, 5.74) is 1.80. The number of anilines is 2. The number of alkyl halides is 3. The molecule has 20 heavy (non-hydrogen) atoms. The third kappa shape index (κ3) is 3.36. The molecule has 1 unspecified atom stereocenters. The molecule has 112 valence electrons. The minimum Gasteiger partial charge on any atom is -0.376 e. The minimum absolute atomic E-state index is 0.00134. The highest BCUT2D eigenvalue weighted by Crippen LogP contribution is 2.32. The Hall–Kier alpha value is -1.43. The van der Waals surface area contributed by atoms with E-state index in [1.165, 1.54) is 0 Å². The van der Waals surface area contributed by atoms with Crippen molar-refractivity contribution in [1.82, 2.24) is 5.32 Å². The van der Waals surface area contributed by atoms with Gasteiger partial charge in [0.15, 0.2) is 0 Å². The molecule has 0 radical (unpaired) electrons. The van der Waals surface area contributed by atoms with E-state index in [1.807, 2.05) is 48.2 Å². The molecular weight excluding hydrogens is 267 g/mol. The average Bonchev–Trinajstić information content (AvgIpc) is 2.64. The van der Waals surface area contributed by atoms with Crippen molar-refractivity contribution in [3.8, 4) is 0 Å². The van der Waals surface area contributed by atoms with Crippen LogP contribution in [0.4, 0.5) is 24.5 Å². The predicted octanol–water partition coefficient (Wildman–Crippen LogP) is 2.34. The van der Waals surface area contributed by atoms with Gasteiger partial charge in [0.2, 0.25) is 0 Å². The van der Waals surface area contributed by atoms with E-state index in [0.29, 0.717) is 13.1 Å². The van der Waals surface area contributed by atoms with Crippen molar-refractivity contribution in [2.24, 2.45) is 5.92 Å². The second-order valence-electron chi connectivity index (χ2n) is 5.27. The molecule has 1 fully saturated rings. The SMILES string of the molecule is CN(C)c1ccccc1N1CCNCC(C(F)(F)F)C1. The number of nitrogens with zero attached hydrogens (tertiary/aromatic N) is 2. The van der Waals surface area contributed by atoms with Gasteiger partial charge in [-0.3, -0.25) is 0 Å². The summed E-state index contributed by atoms with van der Waals surface area (Å²) in [5, 5.41) is 2.88. The third-order valence-corrected chi connectivity index (χ3v) is 3.56. The van der Waals surface area contributed by atoms with Gasteiger partial charge in [0.05, 0.1) is 17.3 Å². The minimum atomic E-state index is -4.16. The van der Waals surface area contributed by atoms with E-state index in [0.717, 1.165) is 11.4 Å². The molecule has 0 amide bonds. The van der Waals surface area contributed by atoms with Crippen LogP contribution in [0.2, 0.25) is 0 Å². The fraction of sp³-hybridized carbons (Fsp3) is 0.571. The highest BCUT2D eigenvalue weighted by molar-refractivity contribution is 5.70. The molecule has 0 aromatic heterocycles. The largest absolute Gasteiger partial charge is 0.394 e. The number of para-hydroxylation sites is 2. The van der Waals surface area contributed by atoms with Crippen molar-refractivity contribution in [2.45, 2.75) is 6.18 Å². The number of rotatable bonds is 2. The number of benzene rings is 1. The molecule has 1 atom stereocenters. The average molecular weight is 287 g/mol. The summed E-state index contributed by atoms with van der Waals surface area (Å²) >= 11 is 0. The van der Waals surface area contributed by atoms with E-state index in [1.54, 1.807) is 0 Å². The van der Waals surface area contributed by atoms with Crippen molar-refractivity contribution in [2.75, 3.05) is 50.1 Å². The van der Waals surface area contributed by atoms with Crippen LogP contribution in [0.5, 0.6) is 0 Å². The molecule has 0 bridgehead atoms. The Labute approximate surface area is 117 Å². The monoisotopic (exact) mass is 287 g/mol. The molecule has 0 saturated carbocycles. The molecule has 0 spiro atoms. The second kappa shape index (κ2) is 5.91. The van der Waals surface area contributed by atoms with Crippen LogP contribution in [0, 0.1) is 5.92 Å². The zero-order chi connectivity index (χ0) is 14.8. The summed E-state index contributed by atoms with van der Waals surface area (Å²) in [6.07, 6.45) is -4.16. The zero-order valence-corrected chi connectivity index (χ0v) is 11.7. The van der Waals surface area contributed by atoms with Gasteiger partial charge in [0.25, 0.3) is 0 Å². The van der Waals surface area contributed by atoms with Gasteiger partial charge in [-0.2, -0.15) is 13.2 Å². The number of halogens is 3. The van der Waals surface area contributed by atoms with Crippen molar-refractivity contribution in [3.05, 3.63) is 24.3 Å². The number of nitrogens with one attached hydrogen (secondary N) is 1. The Bertz CT molecular complexity index is 446. The van der Waals surface area contributed by atoms with Gasteiger partial charge in [0.1, 0.15) is 0 Å². The van der Waals surface area contributed by atoms with Crippen molar-refractivity contribution < 1.29 is 13.2 Å². The first-order valence-electron chi connectivity index (χ1n) is 6.68. The Morgan fingerprint density at radius 3 is 2.60 bits per heavy atom. The van der Waals surface area contributed by atoms with Crippen LogP contribution >= 0.6 is 0 Å². The maximum absolute atomic E-state index is 13.0. The first kappa shape index (κ1) is 15.0. The molecule has 1 saturated heterocycles. The molecule has 2 rings (SSSR count). The Kier molecular flexibility index (Phi) is 4.42. The van der Waals surface area contributed by atoms with Gasteiger partial charge in [-0.15, -0.1) is 0 Å². The predicted molar refractivity (Wildman–Crippen MR) is 75.4 cm³/mol. The summed E-state index contributed by atoms with van der Waals surface area (Å²) in [4.78, 5) is 3.75. The number of hydrogen-bond donors (Lipinski definition) is 1. The summed E-state index contributed by atoms with van der Waals surface area (Å²) in [7, 11) is 3.80. The third-order valence-electron chi connectivity index (χ3n) is 3.56. The Balaban J connectivity index is 2.27. The Morgan fingerprint density at radius 2 is 1.95 bits per heavy atom. The van der Waals surface area contributed by atoms with E-state index in [2.05, 4.69) is 5.32 Å². The molecule has 1 heterocycles. The molecule has 1 aliphatic heterocycles. The standard InChI is InChI=1S/C14H20F3N3/c1-19(2)12-5-3-4-6-13(12)20-8-7-18-9-11(10-20)14(15,16)17/h3-6,11,18H,7-10H2,1-2H3. The summed E-state index contributed by atoms with van der Waals surface area (Å²) in [5.74, 6) is -1.33. The molecular formula is C14H20F3N3. The quantitative estimate of drug-likeness (QED) is 0.901. The van der Waals surface area contributed by atoms with E-state index in [-0.39, 0.29) is 13.1 Å². The maximum atomic E-state index is 13.0. The highest BCUT2D eigenvalue weighted by Gasteiger charge is 2.41. The van der Waals surface area contributed by atoms with Crippen LogP contribution in [0.1, 0.15) is 0 Å². The summed E-state index contributed by atoms with van der Waals surface area (Å²) in [6.45, 7) is 1.14. The molecule has 0 aliphatic carbocycles. The lowest BCUT2D eigenvalue weighted by Crippen LogP contribution is -2.38. The van der Waals surface area contributed by atoms with Crippen LogP contribution < -0.4 is 15.1 Å². The van der Waals surface area contributed by atoms with Crippen LogP contribution in [0.25, 0.3) is 0 Å². The van der Waals surface area contributed by atoms with Crippen molar-refractivity contribution >= 4 is 11.4 Å². The summed E-state index contributed by atoms with van der Waals surface area (Å²) in [6, 6.07) is 7.57. The van der Waals surface area contributed by atoms with Gasteiger partial charge < -0.3 is 15.1 Å². The van der Waals surface area contributed by atoms with E-state index < -0.39 is 12.1 Å². The van der Waals surface area contributed by atoms with E-state index in [9.17, 15) is 13.2 Å². The second-order valence-corrected chi connectivity index (χ2v) is 5.27. The van der Waals surface area contributed by atoms with E-state index in [4.69, 9.17) is 0 Å². The van der Waals surface area contributed by atoms with Crippen LogP contribution in [0.15, 0.2) is 24.3 Å². The molecule has 3 nitrogen and oxygen atoms in total. The summed E-state index contributed by atoms with van der Waals surface area (Å²) < 4.78 is 39.0. The first-order valence-corrected chi connectivity index (χ1v) is 6.68. The van der Waals surface area contributed by atoms with Crippen molar-refractivity contribution in [3.63, 3.8) is 0 Å². The fourth-order valence-electron chi connectivity index (χ4n) is 2.46. The van der Waals surface area contributed by atoms with Crippen LogP contribution in [-0.2, 0) is 0 Å². The molecule has 1 aromatic carbocycles. The smallest absolute Gasteiger partial charge is 0.376 e. The van der Waals surface area contributed by atoms with Gasteiger partial charge >= 0.3 is 6.18 Å². The van der Waals surface area contributed by atoms with Gasteiger partial charge in [-0.25, -0.2) is 0 Å². The number of hydrogen-bond acceptors (Lipinski definition) is 3. The van der Waals surface area contributed by atoms with Gasteiger partial charge in [-0.1, -0.05) is 12.1 Å².